The molecule has 2 aliphatic rings. The molecule has 0 heterocycles. The minimum Gasteiger partial charge on any atom is -0.342 e. The van der Waals surface area contributed by atoms with Gasteiger partial charge in [-0.15, -0.1) is 0 Å². The summed E-state index contributed by atoms with van der Waals surface area (Å²) in [4.78, 5) is 14.1. The molecular weight excluding hydrogens is 188 g/mol. The third-order valence-corrected chi connectivity index (χ3v) is 3.44. The normalized spacial score (nSPS) is 22.5. The van der Waals surface area contributed by atoms with Crippen LogP contribution in [0.4, 0.5) is 0 Å². The molecule has 86 valence electrons. The van der Waals surface area contributed by atoms with E-state index in [4.69, 9.17) is 5.73 Å². The highest BCUT2D eigenvalue weighted by Crippen LogP contribution is 2.34. The number of rotatable bonds is 6. The van der Waals surface area contributed by atoms with Crippen LogP contribution in [0.1, 0.15) is 32.6 Å². The van der Waals surface area contributed by atoms with Crippen molar-refractivity contribution in [3.63, 3.8) is 0 Å². The van der Waals surface area contributed by atoms with Gasteiger partial charge in [0.25, 0.3) is 0 Å². The molecule has 1 amide bonds. The average molecular weight is 210 g/mol. The van der Waals surface area contributed by atoms with Crippen LogP contribution in [0.5, 0.6) is 0 Å². The van der Waals surface area contributed by atoms with Gasteiger partial charge in [0, 0.05) is 25.6 Å². The van der Waals surface area contributed by atoms with E-state index in [-0.39, 0.29) is 11.8 Å². The summed E-state index contributed by atoms with van der Waals surface area (Å²) in [6, 6.07) is 0. The highest BCUT2D eigenvalue weighted by molar-refractivity contribution is 5.78. The minimum absolute atomic E-state index is 0.00231. The van der Waals surface area contributed by atoms with Gasteiger partial charge in [-0.25, -0.2) is 0 Å². The summed E-state index contributed by atoms with van der Waals surface area (Å²) >= 11 is 0. The predicted octanol–water partition coefficient (Wildman–Crippen LogP) is 1.23. The molecule has 0 spiro atoms. The molecule has 2 fully saturated rings. The van der Waals surface area contributed by atoms with Crippen LogP contribution in [-0.4, -0.2) is 30.4 Å². The lowest BCUT2D eigenvalue weighted by atomic mass is 10.1. The average Bonchev–Trinajstić information content (AvgIpc) is 3.08. The molecule has 0 radical (unpaired) electrons. The first-order chi connectivity index (χ1) is 7.20. The van der Waals surface area contributed by atoms with E-state index in [0.29, 0.717) is 6.54 Å². The number of hydrogen-bond acceptors (Lipinski definition) is 2. The van der Waals surface area contributed by atoms with Crippen molar-refractivity contribution in [3.8, 4) is 0 Å². The Kier molecular flexibility index (Phi) is 3.29. The van der Waals surface area contributed by atoms with Crippen LogP contribution in [0.15, 0.2) is 0 Å². The van der Waals surface area contributed by atoms with E-state index in [9.17, 15) is 4.79 Å². The fraction of sp³-hybridized carbons (Fsp3) is 0.917. The Bertz CT molecular complexity index is 220. The summed E-state index contributed by atoms with van der Waals surface area (Å²) in [6.07, 6.45) is 5.24. The van der Waals surface area contributed by atoms with Crippen molar-refractivity contribution in [2.24, 2.45) is 23.5 Å². The first-order valence-electron chi connectivity index (χ1n) is 6.19. The number of hydrogen-bond donors (Lipinski definition) is 1. The summed E-state index contributed by atoms with van der Waals surface area (Å²) in [7, 11) is 0. The Labute approximate surface area is 92.0 Å². The van der Waals surface area contributed by atoms with Crippen molar-refractivity contribution in [3.05, 3.63) is 0 Å². The Morgan fingerprint density at radius 3 is 2.07 bits per heavy atom. The Morgan fingerprint density at radius 1 is 1.27 bits per heavy atom. The molecule has 0 aromatic carbocycles. The Balaban J connectivity index is 1.86. The molecule has 1 unspecified atom stereocenters. The predicted molar refractivity (Wildman–Crippen MR) is 60.2 cm³/mol. The maximum atomic E-state index is 12.0. The van der Waals surface area contributed by atoms with Crippen LogP contribution in [-0.2, 0) is 4.79 Å². The lowest BCUT2D eigenvalue weighted by Gasteiger charge is -2.25. The SMILES string of the molecule is CC(CN)C(=O)N(CC1CC1)CC1CC1. The topological polar surface area (TPSA) is 46.3 Å². The quantitative estimate of drug-likeness (QED) is 0.716. The van der Waals surface area contributed by atoms with Gasteiger partial charge in [-0.3, -0.25) is 4.79 Å². The van der Waals surface area contributed by atoms with Crippen molar-refractivity contribution >= 4 is 5.91 Å². The zero-order valence-corrected chi connectivity index (χ0v) is 9.61. The monoisotopic (exact) mass is 210 g/mol. The van der Waals surface area contributed by atoms with Gasteiger partial charge >= 0.3 is 0 Å². The second kappa shape index (κ2) is 4.52. The van der Waals surface area contributed by atoms with Gasteiger partial charge in [0.2, 0.25) is 5.91 Å². The van der Waals surface area contributed by atoms with Gasteiger partial charge in [0.1, 0.15) is 0 Å². The molecule has 2 N–H and O–H groups in total. The van der Waals surface area contributed by atoms with Crippen molar-refractivity contribution in [2.75, 3.05) is 19.6 Å². The number of nitrogens with zero attached hydrogens (tertiary/aromatic N) is 1. The fourth-order valence-corrected chi connectivity index (χ4v) is 1.89. The highest BCUT2D eigenvalue weighted by atomic mass is 16.2. The van der Waals surface area contributed by atoms with Gasteiger partial charge in [0.05, 0.1) is 0 Å². The van der Waals surface area contributed by atoms with E-state index in [1.54, 1.807) is 0 Å². The van der Waals surface area contributed by atoms with Crippen LogP contribution in [0, 0.1) is 17.8 Å². The van der Waals surface area contributed by atoms with E-state index in [1.807, 2.05) is 6.92 Å². The smallest absolute Gasteiger partial charge is 0.226 e. The molecule has 0 bridgehead atoms. The molecule has 2 aliphatic carbocycles. The largest absolute Gasteiger partial charge is 0.342 e. The second-order valence-corrected chi connectivity index (χ2v) is 5.27. The van der Waals surface area contributed by atoms with Crippen molar-refractivity contribution in [1.29, 1.82) is 0 Å². The first-order valence-corrected chi connectivity index (χ1v) is 6.19. The molecule has 0 aliphatic heterocycles. The summed E-state index contributed by atoms with van der Waals surface area (Å²) in [5, 5.41) is 0. The molecule has 2 rings (SSSR count). The maximum Gasteiger partial charge on any atom is 0.226 e. The minimum atomic E-state index is 0.00231. The summed E-state index contributed by atoms with van der Waals surface area (Å²) < 4.78 is 0. The molecule has 15 heavy (non-hydrogen) atoms. The van der Waals surface area contributed by atoms with Crippen LogP contribution < -0.4 is 5.73 Å². The summed E-state index contributed by atoms with van der Waals surface area (Å²) in [5.41, 5.74) is 5.56. The Hall–Kier alpha value is -0.570. The van der Waals surface area contributed by atoms with Crippen LogP contribution in [0.3, 0.4) is 0 Å². The Morgan fingerprint density at radius 2 is 1.73 bits per heavy atom. The van der Waals surface area contributed by atoms with E-state index in [2.05, 4.69) is 4.90 Å². The molecule has 0 aromatic heterocycles. The molecule has 3 heteroatoms. The van der Waals surface area contributed by atoms with Gasteiger partial charge in [-0.2, -0.15) is 0 Å². The summed E-state index contributed by atoms with van der Waals surface area (Å²) in [6.45, 7) is 4.39. The molecule has 1 atom stereocenters. The van der Waals surface area contributed by atoms with E-state index < -0.39 is 0 Å². The molecular formula is C12H22N2O. The molecule has 0 saturated heterocycles. The molecule has 0 aromatic rings. The van der Waals surface area contributed by atoms with Gasteiger partial charge in [0.15, 0.2) is 0 Å². The zero-order chi connectivity index (χ0) is 10.8. The maximum absolute atomic E-state index is 12.0. The van der Waals surface area contributed by atoms with Crippen LogP contribution in [0.2, 0.25) is 0 Å². The van der Waals surface area contributed by atoms with Crippen LogP contribution in [0.25, 0.3) is 0 Å². The van der Waals surface area contributed by atoms with E-state index in [0.717, 1.165) is 24.9 Å². The fourth-order valence-electron chi connectivity index (χ4n) is 1.89. The standard InChI is InChI=1S/C12H22N2O/c1-9(6-13)12(15)14(7-10-2-3-10)8-11-4-5-11/h9-11H,2-8,13H2,1H3. The number of nitrogens with two attached hydrogens (primary N) is 1. The lowest BCUT2D eigenvalue weighted by Crippen LogP contribution is -2.40. The molecule has 3 nitrogen and oxygen atoms in total. The van der Waals surface area contributed by atoms with Crippen molar-refractivity contribution < 1.29 is 4.79 Å². The number of amides is 1. The van der Waals surface area contributed by atoms with E-state index >= 15 is 0 Å². The van der Waals surface area contributed by atoms with E-state index in [1.165, 1.54) is 25.7 Å². The first kappa shape index (κ1) is 10.9. The molecule has 2 saturated carbocycles. The second-order valence-electron chi connectivity index (χ2n) is 5.27. The van der Waals surface area contributed by atoms with Crippen molar-refractivity contribution in [1.82, 2.24) is 4.90 Å². The summed E-state index contributed by atoms with van der Waals surface area (Å²) in [5.74, 6) is 1.86. The highest BCUT2D eigenvalue weighted by Gasteiger charge is 2.32. The third-order valence-electron chi connectivity index (χ3n) is 3.44. The number of carbonyl (C=O) groups is 1. The zero-order valence-electron chi connectivity index (χ0n) is 9.61. The number of carbonyl (C=O) groups excluding carboxylic acids is 1. The third kappa shape index (κ3) is 3.20. The van der Waals surface area contributed by atoms with Crippen LogP contribution >= 0.6 is 0 Å². The van der Waals surface area contributed by atoms with Crippen molar-refractivity contribution in [2.45, 2.75) is 32.6 Å². The van der Waals surface area contributed by atoms with Gasteiger partial charge in [-0.1, -0.05) is 6.92 Å². The van der Waals surface area contributed by atoms with Gasteiger partial charge < -0.3 is 10.6 Å². The lowest BCUT2D eigenvalue weighted by molar-refractivity contribution is -0.135. The van der Waals surface area contributed by atoms with Gasteiger partial charge in [-0.05, 0) is 37.5 Å².